The number of aliphatic hydroxyl groups excluding tert-OH is 3. The second-order valence-corrected chi connectivity index (χ2v) is 3.46. The summed E-state index contributed by atoms with van der Waals surface area (Å²) >= 11 is 0. The van der Waals surface area contributed by atoms with E-state index in [0.29, 0.717) is 19.6 Å². The molecule has 0 saturated carbocycles. The van der Waals surface area contributed by atoms with Crippen molar-refractivity contribution in [2.24, 2.45) is 5.92 Å². The first-order valence-electron chi connectivity index (χ1n) is 4.87. The van der Waals surface area contributed by atoms with Crippen LogP contribution in [0.15, 0.2) is 0 Å². The van der Waals surface area contributed by atoms with Gasteiger partial charge in [0.2, 0.25) is 0 Å². The first-order chi connectivity index (χ1) is 6.81. The third-order valence-corrected chi connectivity index (χ3v) is 2.34. The lowest BCUT2D eigenvalue weighted by Gasteiger charge is -2.23. The van der Waals surface area contributed by atoms with Crippen LogP contribution in [-0.2, 0) is 9.47 Å². The molecule has 3 unspecified atom stereocenters. The van der Waals surface area contributed by atoms with Crippen molar-refractivity contribution in [3.63, 3.8) is 0 Å². The summed E-state index contributed by atoms with van der Waals surface area (Å²) in [5.74, 6) is -0.205. The molecule has 0 spiro atoms. The van der Waals surface area contributed by atoms with Crippen molar-refractivity contribution in [3.05, 3.63) is 0 Å². The molecule has 0 radical (unpaired) electrons. The predicted octanol–water partition coefficient (Wildman–Crippen LogP) is -1.25. The molecule has 5 nitrogen and oxygen atoms in total. The fraction of sp³-hybridized carbons (Fsp3) is 1.00. The standard InChI is InChI=1S/C9H18O5/c10-2-1-7(3-11)9(4-12)14-6-8-5-13-8/h7-12H,1-6H2. The summed E-state index contributed by atoms with van der Waals surface area (Å²) in [6.45, 7) is 0.926. The Labute approximate surface area is 83.3 Å². The number of ether oxygens (including phenoxy) is 2. The minimum atomic E-state index is -0.406. The molecule has 0 aromatic carbocycles. The van der Waals surface area contributed by atoms with Gasteiger partial charge in [-0.15, -0.1) is 0 Å². The third-order valence-electron chi connectivity index (χ3n) is 2.34. The molecule has 1 aliphatic rings. The number of rotatable bonds is 8. The van der Waals surface area contributed by atoms with E-state index in [0.717, 1.165) is 0 Å². The Morgan fingerprint density at radius 2 is 2.00 bits per heavy atom. The van der Waals surface area contributed by atoms with E-state index in [2.05, 4.69) is 0 Å². The number of hydrogen-bond donors (Lipinski definition) is 3. The lowest BCUT2D eigenvalue weighted by molar-refractivity contribution is -0.0476. The summed E-state index contributed by atoms with van der Waals surface area (Å²) in [4.78, 5) is 0. The molecule has 0 aromatic heterocycles. The zero-order valence-electron chi connectivity index (χ0n) is 8.13. The maximum Gasteiger partial charge on any atom is 0.104 e. The monoisotopic (exact) mass is 206 g/mol. The quantitative estimate of drug-likeness (QED) is 0.432. The molecule has 3 atom stereocenters. The number of hydrogen-bond acceptors (Lipinski definition) is 5. The molecule has 1 saturated heterocycles. The van der Waals surface area contributed by atoms with E-state index in [1.54, 1.807) is 0 Å². The maximum absolute atomic E-state index is 9.03. The van der Waals surface area contributed by atoms with Gasteiger partial charge >= 0.3 is 0 Å². The Kier molecular flexibility index (Phi) is 5.36. The molecule has 84 valence electrons. The third kappa shape index (κ3) is 3.89. The van der Waals surface area contributed by atoms with Crippen LogP contribution in [0.3, 0.4) is 0 Å². The lowest BCUT2D eigenvalue weighted by atomic mass is 10.0. The zero-order chi connectivity index (χ0) is 10.4. The summed E-state index contributed by atoms with van der Waals surface area (Å²) in [5, 5.41) is 26.8. The van der Waals surface area contributed by atoms with E-state index in [9.17, 15) is 0 Å². The van der Waals surface area contributed by atoms with Gasteiger partial charge in [-0.25, -0.2) is 0 Å². The molecule has 0 aromatic rings. The summed E-state index contributed by atoms with van der Waals surface area (Å²) in [6.07, 6.45) is 0.182. The zero-order valence-corrected chi connectivity index (χ0v) is 8.13. The van der Waals surface area contributed by atoms with Crippen LogP contribution in [0.4, 0.5) is 0 Å². The van der Waals surface area contributed by atoms with Crippen molar-refractivity contribution in [2.45, 2.75) is 18.6 Å². The van der Waals surface area contributed by atoms with Gasteiger partial charge in [0.15, 0.2) is 0 Å². The van der Waals surface area contributed by atoms with Crippen LogP contribution in [0.1, 0.15) is 6.42 Å². The highest BCUT2D eigenvalue weighted by Crippen LogP contribution is 2.15. The molecule has 1 fully saturated rings. The highest BCUT2D eigenvalue weighted by atomic mass is 16.6. The minimum absolute atomic E-state index is 0.00891. The van der Waals surface area contributed by atoms with E-state index < -0.39 is 6.10 Å². The Hall–Kier alpha value is -0.200. The largest absolute Gasteiger partial charge is 0.396 e. The van der Waals surface area contributed by atoms with Crippen molar-refractivity contribution in [2.75, 3.05) is 33.0 Å². The van der Waals surface area contributed by atoms with Gasteiger partial charge in [-0.2, -0.15) is 0 Å². The molecule has 0 bridgehead atoms. The first kappa shape index (κ1) is 11.9. The molecule has 3 N–H and O–H groups in total. The lowest BCUT2D eigenvalue weighted by Crippen LogP contribution is -2.32. The van der Waals surface area contributed by atoms with Crippen LogP contribution >= 0.6 is 0 Å². The Morgan fingerprint density at radius 3 is 2.43 bits per heavy atom. The predicted molar refractivity (Wildman–Crippen MR) is 48.8 cm³/mol. The highest BCUT2D eigenvalue weighted by Gasteiger charge is 2.27. The molecular weight excluding hydrogens is 188 g/mol. The second kappa shape index (κ2) is 6.31. The van der Waals surface area contributed by atoms with E-state index >= 15 is 0 Å². The Bertz CT molecular complexity index is 148. The van der Waals surface area contributed by atoms with Gasteiger partial charge in [-0.3, -0.25) is 0 Å². The molecule has 0 amide bonds. The van der Waals surface area contributed by atoms with E-state index in [1.807, 2.05) is 0 Å². The molecule has 1 rings (SSSR count). The fourth-order valence-corrected chi connectivity index (χ4v) is 1.29. The van der Waals surface area contributed by atoms with Crippen molar-refractivity contribution in [1.82, 2.24) is 0 Å². The highest BCUT2D eigenvalue weighted by molar-refractivity contribution is 4.73. The summed E-state index contributed by atoms with van der Waals surface area (Å²) in [7, 11) is 0. The van der Waals surface area contributed by atoms with E-state index in [4.69, 9.17) is 24.8 Å². The van der Waals surface area contributed by atoms with Gasteiger partial charge in [0, 0.05) is 19.1 Å². The van der Waals surface area contributed by atoms with Crippen LogP contribution in [0.5, 0.6) is 0 Å². The summed E-state index contributed by atoms with van der Waals surface area (Å²) in [6, 6.07) is 0. The number of epoxide rings is 1. The molecule has 0 aliphatic carbocycles. The normalized spacial score (nSPS) is 24.6. The van der Waals surface area contributed by atoms with Crippen LogP contribution < -0.4 is 0 Å². The van der Waals surface area contributed by atoms with Crippen molar-refractivity contribution in [3.8, 4) is 0 Å². The smallest absolute Gasteiger partial charge is 0.104 e. The van der Waals surface area contributed by atoms with Gasteiger partial charge in [0.05, 0.1) is 25.9 Å². The topological polar surface area (TPSA) is 82.5 Å². The molecule has 14 heavy (non-hydrogen) atoms. The van der Waals surface area contributed by atoms with Gasteiger partial charge < -0.3 is 24.8 Å². The molecular formula is C9H18O5. The van der Waals surface area contributed by atoms with Gasteiger partial charge in [0.25, 0.3) is 0 Å². The summed E-state index contributed by atoms with van der Waals surface area (Å²) in [5.41, 5.74) is 0. The van der Waals surface area contributed by atoms with E-state index in [-0.39, 0.29) is 31.8 Å². The van der Waals surface area contributed by atoms with E-state index in [1.165, 1.54) is 0 Å². The van der Waals surface area contributed by atoms with Crippen LogP contribution in [0.2, 0.25) is 0 Å². The van der Waals surface area contributed by atoms with Crippen LogP contribution in [0.25, 0.3) is 0 Å². The number of aliphatic hydroxyl groups is 3. The fourth-order valence-electron chi connectivity index (χ4n) is 1.29. The van der Waals surface area contributed by atoms with Crippen molar-refractivity contribution >= 4 is 0 Å². The van der Waals surface area contributed by atoms with Gasteiger partial charge in [-0.1, -0.05) is 0 Å². The Morgan fingerprint density at radius 1 is 1.29 bits per heavy atom. The van der Waals surface area contributed by atoms with Crippen molar-refractivity contribution < 1.29 is 24.8 Å². The maximum atomic E-state index is 9.03. The molecule has 1 heterocycles. The van der Waals surface area contributed by atoms with Gasteiger partial charge in [-0.05, 0) is 6.42 Å². The average Bonchev–Trinajstić information content (AvgIpc) is 3.00. The minimum Gasteiger partial charge on any atom is -0.396 e. The van der Waals surface area contributed by atoms with Crippen LogP contribution in [-0.4, -0.2) is 60.6 Å². The average molecular weight is 206 g/mol. The second-order valence-electron chi connectivity index (χ2n) is 3.46. The SMILES string of the molecule is OCCC(CO)C(CO)OCC1CO1. The van der Waals surface area contributed by atoms with Crippen molar-refractivity contribution in [1.29, 1.82) is 0 Å². The Balaban J connectivity index is 2.24. The van der Waals surface area contributed by atoms with Gasteiger partial charge in [0.1, 0.15) is 6.10 Å². The first-order valence-corrected chi connectivity index (χ1v) is 4.87. The van der Waals surface area contributed by atoms with Crippen LogP contribution in [0, 0.1) is 5.92 Å². The molecule has 5 heteroatoms. The summed E-state index contributed by atoms with van der Waals surface area (Å²) < 4.78 is 10.3. The molecule has 1 aliphatic heterocycles.